The van der Waals surface area contributed by atoms with Gasteiger partial charge >= 0.3 is 0 Å². The minimum Gasteiger partial charge on any atom is -0.346 e. The average molecular weight is 411 g/mol. The van der Waals surface area contributed by atoms with E-state index in [9.17, 15) is 13.2 Å². The number of hydrogen-bond donors (Lipinski definition) is 1. The van der Waals surface area contributed by atoms with Gasteiger partial charge in [-0.3, -0.25) is 4.79 Å². The van der Waals surface area contributed by atoms with Gasteiger partial charge in [0.25, 0.3) is 5.91 Å². The lowest BCUT2D eigenvalue weighted by Gasteiger charge is -2.16. The maximum atomic E-state index is 12.4. The van der Waals surface area contributed by atoms with Crippen LogP contribution in [0.5, 0.6) is 0 Å². The summed E-state index contributed by atoms with van der Waals surface area (Å²) < 4.78 is 26.4. The zero-order valence-corrected chi connectivity index (χ0v) is 16.1. The molecular formula is C17H19BrN2O3S. The molecule has 1 amide bonds. The molecule has 24 heavy (non-hydrogen) atoms. The molecule has 0 bridgehead atoms. The topological polar surface area (TPSA) is 66.5 Å². The van der Waals surface area contributed by atoms with Gasteiger partial charge in [0.15, 0.2) is 0 Å². The zero-order chi connectivity index (χ0) is 17.9. The average Bonchev–Trinajstić information content (AvgIpc) is 2.55. The van der Waals surface area contributed by atoms with Gasteiger partial charge in [-0.25, -0.2) is 12.7 Å². The molecular weight excluding hydrogens is 392 g/mol. The van der Waals surface area contributed by atoms with Gasteiger partial charge in [0.05, 0.1) is 10.9 Å². The van der Waals surface area contributed by atoms with Crippen molar-refractivity contribution >= 4 is 31.9 Å². The number of hydrogen-bond acceptors (Lipinski definition) is 3. The molecule has 2 rings (SSSR count). The van der Waals surface area contributed by atoms with Crippen molar-refractivity contribution in [1.29, 1.82) is 0 Å². The molecule has 0 spiro atoms. The molecule has 0 saturated heterocycles. The Balaban J connectivity index is 2.20. The number of nitrogens with zero attached hydrogens (tertiary/aromatic N) is 1. The fraction of sp³-hybridized carbons (Fsp3) is 0.235. The number of carbonyl (C=O) groups is 1. The van der Waals surface area contributed by atoms with Gasteiger partial charge in [0.2, 0.25) is 10.0 Å². The van der Waals surface area contributed by atoms with Gasteiger partial charge in [-0.05, 0) is 42.8 Å². The van der Waals surface area contributed by atoms with Crippen molar-refractivity contribution in [3.63, 3.8) is 0 Å². The van der Waals surface area contributed by atoms with Crippen LogP contribution in [0.2, 0.25) is 0 Å². The normalized spacial score (nSPS) is 12.9. The molecule has 0 heterocycles. The molecule has 7 heteroatoms. The molecule has 128 valence electrons. The Bertz CT molecular complexity index is 833. The molecule has 0 aliphatic rings. The summed E-state index contributed by atoms with van der Waals surface area (Å²) in [6.07, 6.45) is 0. The lowest BCUT2D eigenvalue weighted by Crippen LogP contribution is -2.27. The summed E-state index contributed by atoms with van der Waals surface area (Å²) >= 11 is 3.37. The van der Waals surface area contributed by atoms with E-state index in [0.29, 0.717) is 5.56 Å². The van der Waals surface area contributed by atoms with Gasteiger partial charge < -0.3 is 5.32 Å². The summed E-state index contributed by atoms with van der Waals surface area (Å²) in [7, 11) is -0.658. The van der Waals surface area contributed by atoms with Crippen LogP contribution in [0.3, 0.4) is 0 Å². The highest BCUT2D eigenvalue weighted by Crippen LogP contribution is 2.18. The molecule has 5 nitrogen and oxygen atoms in total. The number of nitrogens with one attached hydrogen (secondary N) is 1. The Labute approximate surface area is 150 Å². The van der Waals surface area contributed by atoms with Crippen LogP contribution >= 0.6 is 15.9 Å². The SMILES string of the molecule is C[C@@H](NC(=O)c1cccc(S(=O)(=O)N(C)C)c1)c1ccc(Br)cc1. The number of halogens is 1. The molecule has 0 aliphatic carbocycles. The van der Waals surface area contributed by atoms with E-state index in [4.69, 9.17) is 0 Å². The van der Waals surface area contributed by atoms with E-state index in [1.165, 1.54) is 26.2 Å². The maximum absolute atomic E-state index is 12.4. The third-order valence-corrected chi connectivity index (χ3v) is 5.93. The number of benzene rings is 2. The second-order valence-electron chi connectivity index (χ2n) is 5.56. The molecule has 0 aromatic heterocycles. The highest BCUT2D eigenvalue weighted by atomic mass is 79.9. The van der Waals surface area contributed by atoms with E-state index >= 15 is 0 Å². The highest BCUT2D eigenvalue weighted by Gasteiger charge is 2.19. The first-order chi connectivity index (χ1) is 11.2. The van der Waals surface area contributed by atoms with Crippen LogP contribution in [-0.2, 0) is 10.0 Å². The standard InChI is InChI=1S/C17H19BrN2O3S/c1-12(13-7-9-15(18)10-8-13)19-17(21)14-5-4-6-16(11-14)24(22,23)20(2)3/h4-12H,1-3H3,(H,19,21)/t12-/m1/s1. The van der Waals surface area contributed by atoms with Crippen molar-refractivity contribution in [3.8, 4) is 0 Å². The number of carbonyl (C=O) groups excluding carboxylic acids is 1. The molecule has 0 unspecified atom stereocenters. The third-order valence-electron chi connectivity index (χ3n) is 3.59. The van der Waals surface area contributed by atoms with E-state index in [1.807, 2.05) is 31.2 Å². The Morgan fingerprint density at radius 1 is 1.12 bits per heavy atom. The van der Waals surface area contributed by atoms with E-state index < -0.39 is 10.0 Å². The molecule has 2 aromatic rings. The smallest absolute Gasteiger partial charge is 0.251 e. The summed E-state index contributed by atoms with van der Waals surface area (Å²) in [6, 6.07) is 13.5. The Morgan fingerprint density at radius 3 is 2.33 bits per heavy atom. The maximum Gasteiger partial charge on any atom is 0.251 e. The predicted octanol–water partition coefficient (Wildman–Crippen LogP) is 3.19. The van der Waals surface area contributed by atoms with E-state index in [0.717, 1.165) is 14.3 Å². The lowest BCUT2D eigenvalue weighted by molar-refractivity contribution is 0.0939. The predicted molar refractivity (Wildman–Crippen MR) is 97.3 cm³/mol. The van der Waals surface area contributed by atoms with Crippen molar-refractivity contribution in [3.05, 3.63) is 64.1 Å². The van der Waals surface area contributed by atoms with Crippen molar-refractivity contribution in [2.75, 3.05) is 14.1 Å². The minimum atomic E-state index is -3.57. The lowest BCUT2D eigenvalue weighted by atomic mass is 10.1. The molecule has 0 radical (unpaired) electrons. The second-order valence-corrected chi connectivity index (χ2v) is 8.63. The van der Waals surface area contributed by atoms with Crippen molar-refractivity contribution in [2.45, 2.75) is 17.9 Å². The summed E-state index contributed by atoms with van der Waals surface area (Å²) in [6.45, 7) is 1.88. The first-order valence-corrected chi connectivity index (χ1v) is 9.54. The summed E-state index contributed by atoms with van der Waals surface area (Å²) in [5.41, 5.74) is 1.27. The fourth-order valence-electron chi connectivity index (χ4n) is 2.12. The molecule has 0 fully saturated rings. The van der Waals surface area contributed by atoms with Gasteiger partial charge in [0, 0.05) is 24.1 Å². The van der Waals surface area contributed by atoms with Crippen LogP contribution in [0.4, 0.5) is 0 Å². The zero-order valence-electron chi connectivity index (χ0n) is 13.7. The molecule has 0 aliphatic heterocycles. The summed E-state index contributed by atoms with van der Waals surface area (Å²) in [5, 5.41) is 2.88. The van der Waals surface area contributed by atoms with Crippen molar-refractivity contribution in [2.24, 2.45) is 0 Å². The first-order valence-electron chi connectivity index (χ1n) is 7.31. The third kappa shape index (κ3) is 4.23. The van der Waals surface area contributed by atoms with Crippen molar-refractivity contribution < 1.29 is 13.2 Å². The van der Waals surface area contributed by atoms with Crippen LogP contribution in [-0.4, -0.2) is 32.7 Å². The summed E-state index contributed by atoms with van der Waals surface area (Å²) in [5.74, 6) is -0.318. The quantitative estimate of drug-likeness (QED) is 0.822. The number of amides is 1. The van der Waals surface area contributed by atoms with Crippen LogP contribution in [0.15, 0.2) is 57.9 Å². The Hall–Kier alpha value is -1.70. The van der Waals surface area contributed by atoms with Crippen LogP contribution in [0, 0.1) is 0 Å². The van der Waals surface area contributed by atoms with E-state index in [-0.39, 0.29) is 16.8 Å². The monoisotopic (exact) mass is 410 g/mol. The summed E-state index contributed by atoms with van der Waals surface area (Å²) in [4.78, 5) is 12.5. The molecule has 1 N–H and O–H groups in total. The minimum absolute atomic E-state index is 0.0939. The van der Waals surface area contributed by atoms with Crippen LogP contribution in [0.1, 0.15) is 28.9 Å². The van der Waals surface area contributed by atoms with Crippen molar-refractivity contribution in [1.82, 2.24) is 9.62 Å². The van der Waals surface area contributed by atoms with Gasteiger partial charge in [-0.2, -0.15) is 0 Å². The van der Waals surface area contributed by atoms with E-state index in [2.05, 4.69) is 21.2 Å². The Morgan fingerprint density at radius 2 is 1.75 bits per heavy atom. The van der Waals surface area contributed by atoms with Crippen LogP contribution in [0.25, 0.3) is 0 Å². The second kappa shape index (κ2) is 7.46. The number of rotatable bonds is 5. The molecule has 1 atom stereocenters. The van der Waals surface area contributed by atoms with Crippen LogP contribution < -0.4 is 5.32 Å². The first kappa shape index (κ1) is 18.6. The highest BCUT2D eigenvalue weighted by molar-refractivity contribution is 9.10. The molecule has 2 aromatic carbocycles. The largest absolute Gasteiger partial charge is 0.346 e. The van der Waals surface area contributed by atoms with E-state index in [1.54, 1.807) is 12.1 Å². The van der Waals surface area contributed by atoms with Gasteiger partial charge in [-0.15, -0.1) is 0 Å². The number of sulfonamides is 1. The molecule has 0 saturated carbocycles. The fourth-order valence-corrected chi connectivity index (χ4v) is 3.34. The Kier molecular flexibility index (Phi) is 5.79. The van der Waals surface area contributed by atoms with Gasteiger partial charge in [0.1, 0.15) is 0 Å². The van der Waals surface area contributed by atoms with Gasteiger partial charge in [-0.1, -0.05) is 34.1 Å².